The Morgan fingerprint density at radius 2 is 1.75 bits per heavy atom. The first kappa shape index (κ1) is 18.2. The number of hydrogen-bond acceptors (Lipinski definition) is 2. The van der Waals surface area contributed by atoms with E-state index in [1.165, 1.54) is 0 Å². The highest BCUT2D eigenvalue weighted by Crippen LogP contribution is 2.32. The quantitative estimate of drug-likeness (QED) is 0.586. The third-order valence-electron chi connectivity index (χ3n) is 5.14. The van der Waals surface area contributed by atoms with Crippen LogP contribution in [0.25, 0.3) is 0 Å². The van der Waals surface area contributed by atoms with Crippen LogP contribution in [0.5, 0.6) is 0 Å². The van der Waals surface area contributed by atoms with Crippen LogP contribution < -0.4 is 0 Å². The maximum absolute atomic E-state index is 12.8. The Kier molecular flexibility index (Phi) is 5.85. The molecule has 3 rings (SSSR count). The summed E-state index contributed by atoms with van der Waals surface area (Å²) in [4.78, 5) is 14.8. The number of amides is 1. The van der Waals surface area contributed by atoms with Crippen LogP contribution in [0.4, 0.5) is 0 Å². The largest absolute Gasteiger partial charge is 0.339 e. The van der Waals surface area contributed by atoms with Crippen LogP contribution in [0, 0.1) is 5.92 Å². The van der Waals surface area contributed by atoms with Crippen molar-refractivity contribution in [2.24, 2.45) is 5.92 Å². The lowest BCUT2D eigenvalue weighted by Gasteiger charge is -2.33. The van der Waals surface area contributed by atoms with Gasteiger partial charge in [-0.05, 0) is 43.4 Å². The molecule has 0 bridgehead atoms. The summed E-state index contributed by atoms with van der Waals surface area (Å²) in [6, 6.07) is 5.74. The molecule has 132 valence electrons. The van der Waals surface area contributed by atoms with Gasteiger partial charge in [0.05, 0.1) is 0 Å². The van der Waals surface area contributed by atoms with Crippen LogP contribution in [0.15, 0.2) is 18.2 Å². The summed E-state index contributed by atoms with van der Waals surface area (Å²) in [6.07, 6.45) is 5.01. The highest BCUT2D eigenvalue weighted by molar-refractivity contribution is 7.81. The van der Waals surface area contributed by atoms with Crippen molar-refractivity contribution in [1.82, 2.24) is 9.21 Å². The third-order valence-corrected chi connectivity index (χ3v) is 7.05. The molecule has 0 radical (unpaired) electrons. The SMILES string of the molecule is C[SH+](=O)N1CCC(N2CCC(Cc3c(Cl)cccc3Cl)C2=O)CC1. The van der Waals surface area contributed by atoms with Gasteiger partial charge in [0.2, 0.25) is 5.91 Å². The Bertz CT molecular complexity index is 627. The average molecular weight is 390 g/mol. The van der Waals surface area contributed by atoms with Crippen LogP contribution in [0.3, 0.4) is 0 Å². The van der Waals surface area contributed by atoms with Crippen molar-refractivity contribution < 1.29 is 9.00 Å². The predicted molar refractivity (Wildman–Crippen MR) is 100.0 cm³/mol. The van der Waals surface area contributed by atoms with Crippen molar-refractivity contribution in [3.63, 3.8) is 0 Å². The van der Waals surface area contributed by atoms with Gasteiger partial charge in [-0.3, -0.25) is 4.79 Å². The first-order valence-electron chi connectivity index (χ1n) is 8.36. The minimum Gasteiger partial charge on any atom is -0.339 e. The van der Waals surface area contributed by atoms with Crippen molar-refractivity contribution in [2.45, 2.75) is 31.7 Å². The molecule has 1 aromatic carbocycles. The van der Waals surface area contributed by atoms with Crippen molar-refractivity contribution in [3.8, 4) is 0 Å². The lowest BCUT2D eigenvalue weighted by atomic mass is 9.97. The number of carbonyl (C=O) groups is 1. The van der Waals surface area contributed by atoms with Gasteiger partial charge in [0.25, 0.3) is 0 Å². The molecule has 2 saturated heterocycles. The van der Waals surface area contributed by atoms with E-state index in [9.17, 15) is 9.00 Å². The maximum atomic E-state index is 12.8. The average Bonchev–Trinajstić information content (AvgIpc) is 2.92. The molecule has 7 heteroatoms. The standard InChI is InChI=1S/C17H22Cl2N2O2S/c1-24(23)20-8-6-13(7-9-20)21-10-5-12(17(21)22)11-14-15(18)3-2-4-16(14)19/h2-4,12-13H,5-11H2,1H3/p+1. The normalized spacial score (nSPS) is 24.5. The maximum Gasteiger partial charge on any atom is 0.226 e. The first-order chi connectivity index (χ1) is 11.5. The summed E-state index contributed by atoms with van der Waals surface area (Å²) in [5, 5.41) is 1.27. The molecule has 2 fully saturated rings. The number of thiol groups is 1. The molecule has 0 aromatic heterocycles. The summed E-state index contributed by atoms with van der Waals surface area (Å²) in [5.41, 5.74) is 0.874. The van der Waals surface area contributed by atoms with Crippen molar-refractivity contribution in [2.75, 3.05) is 25.9 Å². The number of likely N-dealkylation sites (tertiary alicyclic amines) is 1. The molecule has 1 amide bonds. The molecule has 2 heterocycles. The van der Waals surface area contributed by atoms with Gasteiger partial charge in [-0.1, -0.05) is 33.5 Å². The van der Waals surface area contributed by atoms with E-state index in [0.29, 0.717) is 16.5 Å². The Morgan fingerprint density at radius 1 is 1.12 bits per heavy atom. The van der Waals surface area contributed by atoms with E-state index in [-0.39, 0.29) is 17.9 Å². The van der Waals surface area contributed by atoms with Gasteiger partial charge in [-0.2, -0.15) is 0 Å². The van der Waals surface area contributed by atoms with E-state index in [1.54, 1.807) is 6.26 Å². The van der Waals surface area contributed by atoms with Crippen LogP contribution in [0.2, 0.25) is 10.0 Å². The molecule has 1 aromatic rings. The van der Waals surface area contributed by atoms with Gasteiger partial charge in [0, 0.05) is 41.6 Å². The fourth-order valence-corrected chi connectivity index (χ4v) is 5.08. The van der Waals surface area contributed by atoms with Gasteiger partial charge >= 0.3 is 0 Å². The van der Waals surface area contributed by atoms with E-state index < -0.39 is 11.0 Å². The number of benzene rings is 1. The Morgan fingerprint density at radius 3 is 2.33 bits per heavy atom. The molecule has 2 aliphatic heterocycles. The van der Waals surface area contributed by atoms with Crippen LogP contribution in [-0.2, 0) is 26.4 Å². The zero-order chi connectivity index (χ0) is 17.3. The molecule has 0 spiro atoms. The molecule has 4 nitrogen and oxygen atoms in total. The summed E-state index contributed by atoms with van der Waals surface area (Å²) in [5.74, 6) is 0.175. The highest BCUT2D eigenvalue weighted by atomic mass is 35.5. The van der Waals surface area contributed by atoms with Gasteiger partial charge in [0.1, 0.15) is 17.2 Å². The van der Waals surface area contributed by atoms with Crippen molar-refractivity contribution in [1.29, 1.82) is 0 Å². The molecule has 2 atom stereocenters. The third kappa shape index (κ3) is 3.79. The number of rotatable bonds is 4. The van der Waals surface area contributed by atoms with Gasteiger partial charge < -0.3 is 4.90 Å². The second kappa shape index (κ2) is 7.73. The Balaban J connectivity index is 1.62. The number of nitrogens with zero attached hydrogens (tertiary/aromatic N) is 2. The van der Waals surface area contributed by atoms with Crippen LogP contribution >= 0.6 is 23.2 Å². The number of halogens is 2. The second-order valence-electron chi connectivity index (χ2n) is 6.57. The molecule has 2 unspecified atom stereocenters. The second-order valence-corrected chi connectivity index (χ2v) is 8.88. The minimum absolute atomic E-state index is 0.0387. The molecule has 24 heavy (non-hydrogen) atoms. The zero-order valence-electron chi connectivity index (χ0n) is 13.8. The molecular weight excluding hydrogens is 367 g/mol. The van der Waals surface area contributed by atoms with E-state index in [2.05, 4.69) is 0 Å². The Labute approximate surface area is 155 Å². The fourth-order valence-electron chi connectivity index (χ4n) is 3.73. The number of carbonyl (C=O) groups excluding carboxylic acids is 1. The van der Waals surface area contributed by atoms with E-state index in [1.807, 2.05) is 27.4 Å². The van der Waals surface area contributed by atoms with Crippen LogP contribution in [-0.4, -0.2) is 47.0 Å². The fraction of sp³-hybridized carbons (Fsp3) is 0.588. The molecule has 0 N–H and O–H groups in total. The van der Waals surface area contributed by atoms with E-state index in [4.69, 9.17) is 23.2 Å². The van der Waals surface area contributed by atoms with Crippen molar-refractivity contribution >= 4 is 40.1 Å². The van der Waals surface area contributed by atoms with E-state index in [0.717, 1.165) is 44.5 Å². The van der Waals surface area contributed by atoms with Gasteiger partial charge in [-0.25, -0.2) is 0 Å². The Hall–Kier alpha value is -0.620. The first-order valence-corrected chi connectivity index (χ1v) is 10.8. The molecule has 2 aliphatic rings. The van der Waals surface area contributed by atoms with Crippen LogP contribution in [0.1, 0.15) is 24.8 Å². The van der Waals surface area contributed by atoms with Gasteiger partial charge in [0.15, 0.2) is 0 Å². The lowest BCUT2D eigenvalue weighted by molar-refractivity contribution is -0.133. The monoisotopic (exact) mass is 389 g/mol. The van der Waals surface area contributed by atoms with Gasteiger partial charge in [-0.15, -0.1) is 4.31 Å². The summed E-state index contributed by atoms with van der Waals surface area (Å²) in [7, 11) is -1.26. The summed E-state index contributed by atoms with van der Waals surface area (Å²) in [6.45, 7) is 2.41. The highest BCUT2D eigenvalue weighted by Gasteiger charge is 2.38. The lowest BCUT2D eigenvalue weighted by Crippen LogP contribution is -2.46. The predicted octanol–water partition coefficient (Wildman–Crippen LogP) is 3.09. The molecular formula is C17H23Cl2N2O2S+. The number of piperidine rings is 1. The minimum atomic E-state index is -1.26. The van der Waals surface area contributed by atoms with Crippen molar-refractivity contribution in [3.05, 3.63) is 33.8 Å². The zero-order valence-corrected chi connectivity index (χ0v) is 16.2. The summed E-state index contributed by atoms with van der Waals surface area (Å²) < 4.78 is 13.6. The summed E-state index contributed by atoms with van der Waals surface area (Å²) >= 11 is 12.5. The van der Waals surface area contributed by atoms with E-state index >= 15 is 0 Å². The molecule has 0 saturated carbocycles. The smallest absolute Gasteiger partial charge is 0.226 e. The molecule has 0 aliphatic carbocycles. The number of hydrogen-bond donors (Lipinski definition) is 0. The topological polar surface area (TPSA) is 40.6 Å².